The van der Waals surface area contributed by atoms with E-state index in [9.17, 15) is 9.59 Å². The van der Waals surface area contributed by atoms with Crippen LogP contribution in [0.15, 0.2) is 47.1 Å². The maximum Gasteiger partial charge on any atom is 0.163 e. The van der Waals surface area contributed by atoms with E-state index in [1.807, 2.05) is 45.2 Å². The molecule has 2 fully saturated rings. The summed E-state index contributed by atoms with van der Waals surface area (Å²) in [5.41, 5.74) is 4.20. The van der Waals surface area contributed by atoms with Gasteiger partial charge in [-0.3, -0.25) is 9.59 Å². The van der Waals surface area contributed by atoms with Crippen molar-refractivity contribution in [2.24, 2.45) is 22.7 Å². The van der Waals surface area contributed by atoms with Gasteiger partial charge in [0.05, 0.1) is 11.3 Å². The lowest BCUT2D eigenvalue weighted by molar-refractivity contribution is -0.132. The second-order valence-electron chi connectivity index (χ2n) is 11.1. The fraction of sp³-hybridized carbons (Fsp3) is 0.548. The highest BCUT2D eigenvalue weighted by atomic mass is 19.1. The van der Waals surface area contributed by atoms with Crippen molar-refractivity contribution in [2.45, 2.75) is 77.8 Å². The van der Waals surface area contributed by atoms with Crippen LogP contribution in [0.5, 0.6) is 0 Å². The Morgan fingerprint density at radius 2 is 1.97 bits per heavy atom. The summed E-state index contributed by atoms with van der Waals surface area (Å²) in [5.74, 6) is 6.83. The van der Waals surface area contributed by atoms with Crippen LogP contribution in [0.4, 0.5) is 10.1 Å². The van der Waals surface area contributed by atoms with E-state index in [-0.39, 0.29) is 34.7 Å². The first kappa shape index (κ1) is 24.0. The second-order valence-corrected chi connectivity index (χ2v) is 11.1. The molecule has 1 N–H and O–H groups in total. The molecule has 5 rings (SSSR count). The molecular weight excluding hydrogens is 437 g/mol. The van der Waals surface area contributed by atoms with Crippen molar-refractivity contribution < 1.29 is 14.0 Å². The van der Waals surface area contributed by atoms with Crippen molar-refractivity contribution in [3.63, 3.8) is 0 Å². The van der Waals surface area contributed by atoms with E-state index in [2.05, 4.69) is 24.1 Å². The number of nitrogens with one attached hydrogen (secondary N) is 1. The van der Waals surface area contributed by atoms with E-state index in [1.165, 1.54) is 5.57 Å². The van der Waals surface area contributed by atoms with Gasteiger partial charge in [-0.2, -0.15) is 0 Å². The lowest BCUT2D eigenvalue weighted by Gasteiger charge is -2.52. The molecule has 2 saturated carbocycles. The van der Waals surface area contributed by atoms with Crippen LogP contribution in [-0.2, 0) is 9.59 Å². The van der Waals surface area contributed by atoms with Gasteiger partial charge in [0, 0.05) is 19.2 Å². The Labute approximate surface area is 208 Å². The Kier molecular flexibility index (Phi) is 6.02. The number of rotatable bonds is 4. The number of fused-ring (bicyclic) bond motifs is 4. The van der Waals surface area contributed by atoms with Crippen molar-refractivity contribution in [2.75, 3.05) is 12.4 Å². The molecule has 4 heteroatoms. The number of Topliss-reactive ketones (excluding diaryl/α,β-unsaturated/α-hetero) is 1. The number of ketones is 2. The van der Waals surface area contributed by atoms with Crippen molar-refractivity contribution in [3.05, 3.63) is 52.6 Å². The number of allylic oxidation sites excluding steroid dienone is 4. The van der Waals surface area contributed by atoms with Gasteiger partial charge in [-0.25, -0.2) is 4.39 Å². The fourth-order valence-electron chi connectivity index (χ4n) is 7.96. The van der Waals surface area contributed by atoms with E-state index in [4.69, 9.17) is 0 Å². The smallest absolute Gasteiger partial charge is 0.163 e. The number of carbonyl (C=O) groups is 2. The summed E-state index contributed by atoms with van der Waals surface area (Å²) in [7, 11) is 1.88. The summed E-state index contributed by atoms with van der Waals surface area (Å²) >= 11 is 0. The van der Waals surface area contributed by atoms with E-state index in [0.29, 0.717) is 24.8 Å². The number of hydrogen-bond donors (Lipinski definition) is 1. The molecule has 0 aromatic heterocycles. The van der Waals surface area contributed by atoms with Gasteiger partial charge in [0.25, 0.3) is 0 Å². The van der Waals surface area contributed by atoms with Crippen LogP contribution >= 0.6 is 0 Å². The van der Waals surface area contributed by atoms with E-state index < -0.39 is 11.6 Å². The Hall–Kier alpha value is -2.67. The molecule has 0 bridgehead atoms. The maximum atomic E-state index is 15.7. The molecular formula is C31H36FNO2. The quantitative estimate of drug-likeness (QED) is 0.504. The van der Waals surface area contributed by atoms with Gasteiger partial charge < -0.3 is 5.32 Å². The second kappa shape index (κ2) is 8.77. The van der Waals surface area contributed by atoms with Crippen molar-refractivity contribution >= 4 is 17.3 Å². The Bertz CT molecular complexity index is 1180. The highest BCUT2D eigenvalue weighted by Gasteiger charge is 2.63. The topological polar surface area (TPSA) is 46.2 Å². The number of anilines is 1. The van der Waals surface area contributed by atoms with Crippen LogP contribution in [0.25, 0.3) is 0 Å². The van der Waals surface area contributed by atoms with Crippen LogP contribution in [0.3, 0.4) is 0 Å². The molecule has 0 saturated heterocycles. The number of halogens is 1. The van der Waals surface area contributed by atoms with Crippen LogP contribution in [-0.4, -0.2) is 24.8 Å². The average molecular weight is 474 g/mol. The maximum absolute atomic E-state index is 15.7. The molecule has 4 aliphatic carbocycles. The standard InChI is InChI=1S/C31H36FNO2/c1-5-13-31(29(35)6-2)15-12-26-24-17-27(32)25-18-28(34)22(19-7-9-20(33-4)10-8-19)16-23(25)21(24)11-14-30(26,31)3/h7-10,18,22,24,26-27,33H,6,11-12,14-17H2,1-4H3/t22?,24-,26+,27?,30+,31-/m1/s1. The predicted octanol–water partition coefficient (Wildman–Crippen LogP) is 6.56. The average Bonchev–Trinajstić information content (AvgIpc) is 3.17. The first-order valence-corrected chi connectivity index (χ1v) is 13.2. The fourth-order valence-corrected chi connectivity index (χ4v) is 7.96. The Morgan fingerprint density at radius 3 is 2.63 bits per heavy atom. The molecule has 1 aromatic rings. The van der Waals surface area contributed by atoms with Crippen LogP contribution < -0.4 is 5.32 Å². The zero-order valence-corrected chi connectivity index (χ0v) is 21.3. The summed E-state index contributed by atoms with van der Waals surface area (Å²) in [6, 6.07) is 8.00. The minimum atomic E-state index is -1.12. The van der Waals surface area contributed by atoms with E-state index in [1.54, 1.807) is 6.08 Å². The first-order chi connectivity index (χ1) is 16.8. The van der Waals surface area contributed by atoms with E-state index in [0.717, 1.165) is 42.5 Å². The van der Waals surface area contributed by atoms with Crippen molar-refractivity contribution in [3.8, 4) is 11.8 Å². The lowest BCUT2D eigenvalue weighted by atomic mass is 9.51. The number of carbonyl (C=O) groups excluding carboxylic acids is 2. The van der Waals surface area contributed by atoms with Crippen LogP contribution in [0.2, 0.25) is 0 Å². The van der Waals surface area contributed by atoms with Gasteiger partial charge in [-0.1, -0.05) is 37.5 Å². The summed E-state index contributed by atoms with van der Waals surface area (Å²) in [6.45, 7) is 6.01. The van der Waals surface area contributed by atoms with Gasteiger partial charge in [0.2, 0.25) is 0 Å². The highest BCUT2D eigenvalue weighted by molar-refractivity contribution is 5.99. The normalized spacial score (nSPS) is 35.8. The third-order valence-electron chi connectivity index (χ3n) is 9.79. The van der Waals surface area contributed by atoms with Crippen LogP contribution in [0, 0.1) is 34.5 Å². The molecule has 0 aliphatic heterocycles. The molecule has 35 heavy (non-hydrogen) atoms. The Balaban J connectivity index is 1.54. The van der Waals surface area contributed by atoms with Gasteiger partial charge in [-0.05, 0) is 97.6 Å². The van der Waals surface area contributed by atoms with Crippen molar-refractivity contribution in [1.82, 2.24) is 0 Å². The monoisotopic (exact) mass is 473 g/mol. The van der Waals surface area contributed by atoms with E-state index >= 15 is 4.39 Å². The third kappa shape index (κ3) is 3.45. The zero-order valence-electron chi connectivity index (χ0n) is 21.3. The van der Waals surface area contributed by atoms with Gasteiger partial charge in [0.15, 0.2) is 11.6 Å². The molecule has 4 aliphatic rings. The SMILES string of the molecule is CC#C[C@]1(C(=O)CC)CC[C@H]2[C@@H]3CC(F)C4=CC(=O)C(c5ccc(NC)cc5)CC4=C3CC[C@@]21C. The molecule has 0 spiro atoms. The van der Waals surface area contributed by atoms with Gasteiger partial charge in [0.1, 0.15) is 6.17 Å². The summed E-state index contributed by atoms with van der Waals surface area (Å²) in [5, 5.41) is 3.12. The Morgan fingerprint density at radius 1 is 1.23 bits per heavy atom. The molecule has 1 aromatic carbocycles. The number of alkyl halides is 1. The minimum Gasteiger partial charge on any atom is -0.388 e. The summed E-state index contributed by atoms with van der Waals surface area (Å²) in [4.78, 5) is 26.4. The molecule has 3 nitrogen and oxygen atoms in total. The largest absolute Gasteiger partial charge is 0.388 e. The van der Waals surface area contributed by atoms with Crippen molar-refractivity contribution in [1.29, 1.82) is 0 Å². The van der Waals surface area contributed by atoms with Gasteiger partial charge in [-0.15, -0.1) is 5.92 Å². The van der Waals surface area contributed by atoms with Gasteiger partial charge >= 0.3 is 0 Å². The first-order valence-electron chi connectivity index (χ1n) is 13.2. The molecule has 0 heterocycles. The third-order valence-corrected chi connectivity index (χ3v) is 9.79. The molecule has 0 amide bonds. The molecule has 6 atom stereocenters. The highest BCUT2D eigenvalue weighted by Crippen LogP contribution is 2.67. The molecule has 184 valence electrons. The molecule has 2 unspecified atom stereocenters. The summed E-state index contributed by atoms with van der Waals surface area (Å²) in [6.07, 6.45) is 5.42. The zero-order chi connectivity index (χ0) is 25.0. The lowest BCUT2D eigenvalue weighted by Crippen LogP contribution is -2.49. The van der Waals surface area contributed by atoms with Crippen LogP contribution in [0.1, 0.15) is 77.2 Å². The predicted molar refractivity (Wildman–Crippen MR) is 138 cm³/mol. The molecule has 0 radical (unpaired) electrons. The minimum absolute atomic E-state index is 0.00921. The number of benzene rings is 1. The summed E-state index contributed by atoms with van der Waals surface area (Å²) < 4.78 is 15.7. The number of hydrogen-bond acceptors (Lipinski definition) is 3.